The number of hydrogen-bond donors (Lipinski definition) is 0. The molecule has 2 heteroatoms. The fourth-order valence-corrected chi connectivity index (χ4v) is 2.72. The van der Waals surface area contributed by atoms with Gasteiger partial charge >= 0.3 is 0 Å². The van der Waals surface area contributed by atoms with Crippen LogP contribution in [0.2, 0.25) is 0 Å². The Bertz CT molecular complexity index is 541. The predicted octanol–water partition coefficient (Wildman–Crippen LogP) is 5.40. The number of aryl methyl sites for hydroxylation is 1. The molecular formula is C20H30O2. The third-order valence-corrected chi connectivity index (χ3v) is 4.43. The Morgan fingerprint density at radius 1 is 1.36 bits per heavy atom. The maximum Gasteiger partial charge on any atom is 0.123 e. The molecule has 0 N–H and O–H groups in total. The molecule has 1 atom stereocenters. The molecule has 1 aliphatic heterocycles. The lowest BCUT2D eigenvalue weighted by molar-refractivity contribution is 0.320. The van der Waals surface area contributed by atoms with Gasteiger partial charge in [-0.25, -0.2) is 0 Å². The number of benzene rings is 1. The van der Waals surface area contributed by atoms with Gasteiger partial charge in [0.2, 0.25) is 0 Å². The highest BCUT2D eigenvalue weighted by Crippen LogP contribution is 2.38. The summed E-state index contributed by atoms with van der Waals surface area (Å²) in [6.45, 7) is 13.7. The summed E-state index contributed by atoms with van der Waals surface area (Å²) in [7, 11) is 0. The second-order valence-electron chi connectivity index (χ2n) is 7.31. The van der Waals surface area contributed by atoms with Crippen molar-refractivity contribution < 1.29 is 9.47 Å². The number of allylic oxidation sites excluding steroid dienone is 1. The molecule has 0 amide bonds. The standard InChI is InChI=1S/C20H30O2/c1-14(2)17-9-7-16(4)13-18(17)21-12-11-15(3)8-10-19-20(5,6)22-19/h7,9,11,13-14,19H,8,10,12H2,1-6H3/b15-11+. The van der Waals surface area contributed by atoms with Crippen LogP contribution in [0.5, 0.6) is 5.75 Å². The van der Waals surface area contributed by atoms with Crippen molar-refractivity contribution in [1.29, 1.82) is 0 Å². The van der Waals surface area contributed by atoms with Crippen molar-refractivity contribution >= 4 is 0 Å². The van der Waals surface area contributed by atoms with Crippen LogP contribution in [0.4, 0.5) is 0 Å². The summed E-state index contributed by atoms with van der Waals surface area (Å²) in [5, 5.41) is 0. The molecule has 0 bridgehead atoms. The zero-order valence-electron chi connectivity index (χ0n) is 14.9. The van der Waals surface area contributed by atoms with Gasteiger partial charge in [-0.15, -0.1) is 0 Å². The minimum Gasteiger partial charge on any atom is -0.489 e. The van der Waals surface area contributed by atoms with E-state index in [-0.39, 0.29) is 5.60 Å². The summed E-state index contributed by atoms with van der Waals surface area (Å²) >= 11 is 0. The van der Waals surface area contributed by atoms with Gasteiger partial charge in [-0.1, -0.05) is 31.6 Å². The van der Waals surface area contributed by atoms with Gasteiger partial charge < -0.3 is 9.47 Å². The molecule has 1 saturated heterocycles. The van der Waals surface area contributed by atoms with E-state index in [1.54, 1.807) is 0 Å². The van der Waals surface area contributed by atoms with Crippen molar-refractivity contribution in [2.75, 3.05) is 6.61 Å². The van der Waals surface area contributed by atoms with Crippen LogP contribution >= 0.6 is 0 Å². The molecule has 1 fully saturated rings. The molecule has 0 spiro atoms. The monoisotopic (exact) mass is 302 g/mol. The summed E-state index contributed by atoms with van der Waals surface area (Å²) in [6, 6.07) is 6.47. The van der Waals surface area contributed by atoms with Crippen molar-refractivity contribution in [3.8, 4) is 5.75 Å². The summed E-state index contributed by atoms with van der Waals surface area (Å²) in [5.74, 6) is 1.50. The number of hydrogen-bond acceptors (Lipinski definition) is 2. The first-order chi connectivity index (χ1) is 10.3. The Morgan fingerprint density at radius 3 is 2.64 bits per heavy atom. The lowest BCUT2D eigenvalue weighted by atomic mass is 10.0. The fraction of sp³-hybridized carbons (Fsp3) is 0.600. The zero-order chi connectivity index (χ0) is 16.3. The molecule has 1 heterocycles. The van der Waals surface area contributed by atoms with Crippen LogP contribution in [0.3, 0.4) is 0 Å². The topological polar surface area (TPSA) is 21.8 Å². The van der Waals surface area contributed by atoms with Crippen LogP contribution in [0, 0.1) is 6.92 Å². The first-order valence-corrected chi connectivity index (χ1v) is 8.36. The zero-order valence-corrected chi connectivity index (χ0v) is 14.9. The van der Waals surface area contributed by atoms with Crippen LogP contribution < -0.4 is 4.74 Å². The Labute approximate surface area is 135 Å². The molecule has 1 aromatic rings. The molecule has 1 unspecified atom stereocenters. The lowest BCUT2D eigenvalue weighted by Gasteiger charge is -2.14. The summed E-state index contributed by atoms with van der Waals surface area (Å²) in [6.07, 6.45) is 4.82. The van der Waals surface area contributed by atoms with Crippen LogP contribution in [0.25, 0.3) is 0 Å². The molecule has 0 radical (unpaired) electrons. The number of rotatable bonds is 7. The summed E-state index contributed by atoms with van der Waals surface area (Å²) in [5.41, 5.74) is 4.01. The normalized spacial score (nSPS) is 20.3. The summed E-state index contributed by atoms with van der Waals surface area (Å²) in [4.78, 5) is 0. The van der Waals surface area contributed by atoms with Crippen molar-refractivity contribution in [3.63, 3.8) is 0 Å². The van der Waals surface area contributed by atoms with Crippen LogP contribution in [-0.2, 0) is 4.74 Å². The van der Waals surface area contributed by atoms with Gasteiger partial charge in [-0.3, -0.25) is 0 Å². The lowest BCUT2D eigenvalue weighted by Crippen LogP contribution is -2.03. The van der Waals surface area contributed by atoms with Crippen molar-refractivity contribution in [3.05, 3.63) is 41.0 Å². The molecule has 2 nitrogen and oxygen atoms in total. The van der Waals surface area contributed by atoms with Crippen LogP contribution in [0.1, 0.15) is 64.5 Å². The van der Waals surface area contributed by atoms with E-state index < -0.39 is 0 Å². The van der Waals surface area contributed by atoms with E-state index in [1.807, 2.05) is 0 Å². The molecule has 22 heavy (non-hydrogen) atoms. The third kappa shape index (κ3) is 4.61. The first kappa shape index (κ1) is 17.1. The Balaban J connectivity index is 1.84. The largest absolute Gasteiger partial charge is 0.489 e. The predicted molar refractivity (Wildman–Crippen MR) is 92.7 cm³/mol. The van der Waals surface area contributed by atoms with Crippen LogP contribution in [0.15, 0.2) is 29.8 Å². The van der Waals surface area contributed by atoms with Gasteiger partial charge in [0, 0.05) is 0 Å². The smallest absolute Gasteiger partial charge is 0.123 e. The Hall–Kier alpha value is -1.28. The molecule has 1 aliphatic rings. The van der Waals surface area contributed by atoms with E-state index >= 15 is 0 Å². The second-order valence-corrected chi connectivity index (χ2v) is 7.31. The minimum absolute atomic E-state index is 0.102. The number of ether oxygens (including phenoxy) is 2. The van der Waals surface area contributed by atoms with E-state index in [1.165, 1.54) is 16.7 Å². The molecule has 0 saturated carbocycles. The van der Waals surface area contributed by atoms with Gasteiger partial charge in [0.15, 0.2) is 0 Å². The Kier molecular flexibility index (Phi) is 5.33. The number of epoxide rings is 1. The second kappa shape index (κ2) is 6.87. The van der Waals surface area contributed by atoms with E-state index in [9.17, 15) is 0 Å². The molecule has 1 aromatic carbocycles. The van der Waals surface area contributed by atoms with Gasteiger partial charge in [0.25, 0.3) is 0 Å². The van der Waals surface area contributed by atoms with Gasteiger partial charge in [0.05, 0.1) is 11.7 Å². The highest BCUT2D eigenvalue weighted by molar-refractivity contribution is 5.39. The van der Waals surface area contributed by atoms with E-state index in [0.29, 0.717) is 18.6 Å². The van der Waals surface area contributed by atoms with Gasteiger partial charge in [-0.05, 0) is 69.7 Å². The average molecular weight is 302 g/mol. The average Bonchev–Trinajstić information content (AvgIpc) is 3.04. The SMILES string of the molecule is C/C(=C\COc1cc(C)ccc1C(C)C)CCC1OC1(C)C. The molecule has 0 aromatic heterocycles. The maximum absolute atomic E-state index is 6.01. The van der Waals surface area contributed by atoms with E-state index in [0.717, 1.165) is 18.6 Å². The molecular weight excluding hydrogens is 272 g/mol. The third-order valence-electron chi connectivity index (χ3n) is 4.43. The van der Waals surface area contributed by atoms with Crippen molar-refractivity contribution in [2.45, 2.75) is 72.0 Å². The minimum atomic E-state index is 0.102. The highest BCUT2D eigenvalue weighted by Gasteiger charge is 2.46. The van der Waals surface area contributed by atoms with Crippen molar-refractivity contribution in [2.24, 2.45) is 0 Å². The van der Waals surface area contributed by atoms with Crippen LogP contribution in [-0.4, -0.2) is 18.3 Å². The quantitative estimate of drug-likeness (QED) is 0.497. The first-order valence-electron chi connectivity index (χ1n) is 8.36. The molecule has 2 rings (SSSR count). The van der Waals surface area contributed by atoms with Gasteiger partial charge in [-0.2, -0.15) is 0 Å². The fourth-order valence-electron chi connectivity index (χ4n) is 2.72. The molecule has 0 aliphatic carbocycles. The molecule has 122 valence electrons. The van der Waals surface area contributed by atoms with Gasteiger partial charge in [0.1, 0.15) is 12.4 Å². The maximum atomic E-state index is 6.01. The highest BCUT2D eigenvalue weighted by atomic mass is 16.6. The van der Waals surface area contributed by atoms with E-state index in [2.05, 4.69) is 65.8 Å². The Morgan fingerprint density at radius 2 is 2.05 bits per heavy atom. The van der Waals surface area contributed by atoms with E-state index in [4.69, 9.17) is 9.47 Å². The summed E-state index contributed by atoms with van der Waals surface area (Å²) < 4.78 is 11.6. The van der Waals surface area contributed by atoms with Crippen molar-refractivity contribution in [1.82, 2.24) is 0 Å².